The number of carbonyl (C=O) groups is 1. The van der Waals surface area contributed by atoms with Crippen LogP contribution in [0.3, 0.4) is 0 Å². The lowest BCUT2D eigenvalue weighted by atomic mass is 9.61. The summed E-state index contributed by atoms with van der Waals surface area (Å²) >= 11 is 0. The van der Waals surface area contributed by atoms with Gasteiger partial charge in [0.15, 0.2) is 5.78 Å². The first-order valence-corrected chi connectivity index (χ1v) is 12.3. The number of carbonyl (C=O) groups excluding carboxylic acids is 1. The Hall–Kier alpha value is -2.70. The van der Waals surface area contributed by atoms with E-state index in [2.05, 4.69) is 20.8 Å². The first-order valence-electron chi connectivity index (χ1n) is 10.9. The van der Waals surface area contributed by atoms with Crippen molar-refractivity contribution in [1.82, 2.24) is 3.97 Å². The van der Waals surface area contributed by atoms with Crippen LogP contribution in [-0.4, -0.2) is 23.8 Å². The van der Waals surface area contributed by atoms with Crippen LogP contribution >= 0.6 is 0 Å². The molecule has 0 bridgehead atoms. The predicted molar refractivity (Wildman–Crippen MR) is 124 cm³/mol. The Bertz CT molecular complexity index is 1370. The second-order valence-electron chi connectivity index (χ2n) is 9.85. The zero-order valence-corrected chi connectivity index (χ0v) is 19.6. The Morgan fingerprint density at radius 2 is 1.75 bits per heavy atom. The fourth-order valence-electron chi connectivity index (χ4n) is 5.30. The van der Waals surface area contributed by atoms with Crippen molar-refractivity contribution >= 4 is 26.7 Å². The van der Waals surface area contributed by atoms with Crippen LogP contribution < -0.4 is 0 Å². The van der Waals surface area contributed by atoms with Crippen molar-refractivity contribution < 1.29 is 17.9 Å². The Morgan fingerprint density at radius 1 is 1.06 bits per heavy atom. The Balaban J connectivity index is 1.82. The first kappa shape index (κ1) is 21.2. The lowest BCUT2D eigenvalue weighted by Crippen LogP contribution is -2.53. The first-order chi connectivity index (χ1) is 15.1. The third-order valence-electron chi connectivity index (χ3n) is 6.94. The highest BCUT2D eigenvalue weighted by Crippen LogP contribution is 2.55. The van der Waals surface area contributed by atoms with Crippen LogP contribution in [-0.2, 0) is 26.2 Å². The van der Waals surface area contributed by atoms with E-state index in [1.807, 2.05) is 37.3 Å². The Labute approximate surface area is 188 Å². The maximum atomic E-state index is 13.8. The van der Waals surface area contributed by atoms with Gasteiger partial charge in [0, 0.05) is 17.7 Å². The molecule has 0 radical (unpaired) electrons. The molecular weight excluding hydrogens is 422 g/mol. The van der Waals surface area contributed by atoms with Crippen LogP contribution in [0.15, 0.2) is 65.6 Å². The van der Waals surface area contributed by atoms with E-state index in [0.717, 1.165) is 16.5 Å². The molecule has 1 aliphatic heterocycles. The van der Waals surface area contributed by atoms with Crippen molar-refractivity contribution in [2.75, 3.05) is 0 Å². The van der Waals surface area contributed by atoms with Crippen molar-refractivity contribution in [1.29, 1.82) is 0 Å². The SMILES string of the molecule is Cc1ccc(S(=O)(=O)n2c3c(c4ccccc42)[C@H]2CC(=O)C=C[C@@]2(C(C)(C)C)OC3)cc1. The third-order valence-corrected chi connectivity index (χ3v) is 8.70. The fraction of sp³-hybridized carbons (Fsp3) is 0.346. The normalized spacial score (nSPS) is 23.2. The molecule has 0 fully saturated rings. The molecule has 2 heterocycles. The summed E-state index contributed by atoms with van der Waals surface area (Å²) in [6, 6.07) is 14.4. The van der Waals surface area contributed by atoms with E-state index < -0.39 is 15.6 Å². The molecule has 0 spiro atoms. The van der Waals surface area contributed by atoms with Gasteiger partial charge in [-0.25, -0.2) is 12.4 Å². The molecule has 0 amide bonds. The minimum Gasteiger partial charge on any atom is -0.363 e. The van der Waals surface area contributed by atoms with Gasteiger partial charge in [-0.3, -0.25) is 4.79 Å². The smallest absolute Gasteiger partial charge is 0.268 e. The van der Waals surface area contributed by atoms with Gasteiger partial charge in [-0.2, -0.15) is 0 Å². The number of hydrogen-bond donors (Lipinski definition) is 0. The number of nitrogens with zero attached hydrogens (tertiary/aromatic N) is 1. The number of aromatic nitrogens is 1. The average Bonchev–Trinajstić information content (AvgIpc) is 3.08. The number of fused-ring (bicyclic) bond motifs is 5. The highest BCUT2D eigenvalue weighted by Gasteiger charge is 2.54. The van der Waals surface area contributed by atoms with E-state index in [4.69, 9.17) is 4.74 Å². The zero-order chi connectivity index (χ0) is 22.9. The number of ketones is 1. The molecule has 2 aromatic carbocycles. The van der Waals surface area contributed by atoms with Crippen molar-refractivity contribution in [2.24, 2.45) is 5.41 Å². The molecule has 5 rings (SSSR count). The van der Waals surface area contributed by atoms with Crippen LogP contribution in [0.2, 0.25) is 0 Å². The maximum Gasteiger partial charge on any atom is 0.268 e. The molecule has 0 unspecified atom stereocenters. The van der Waals surface area contributed by atoms with E-state index in [1.54, 1.807) is 30.3 Å². The van der Waals surface area contributed by atoms with Crippen LogP contribution in [0.5, 0.6) is 0 Å². The molecule has 2 atom stereocenters. The molecular formula is C26H27NO4S. The van der Waals surface area contributed by atoms with Crippen LogP contribution in [0.25, 0.3) is 10.9 Å². The number of benzene rings is 2. The molecule has 1 aromatic heterocycles. The van der Waals surface area contributed by atoms with E-state index in [9.17, 15) is 13.2 Å². The van der Waals surface area contributed by atoms with E-state index in [0.29, 0.717) is 17.6 Å². The summed E-state index contributed by atoms with van der Waals surface area (Å²) in [5.41, 5.74) is 2.17. The lowest BCUT2D eigenvalue weighted by Gasteiger charge is -2.51. The summed E-state index contributed by atoms with van der Waals surface area (Å²) in [5.74, 6) is -0.229. The third kappa shape index (κ3) is 2.86. The second kappa shape index (κ2) is 6.90. The lowest BCUT2D eigenvalue weighted by molar-refractivity contribution is -0.136. The molecule has 3 aromatic rings. The zero-order valence-electron chi connectivity index (χ0n) is 18.8. The maximum absolute atomic E-state index is 13.8. The molecule has 0 saturated carbocycles. The van der Waals surface area contributed by atoms with Gasteiger partial charge in [-0.1, -0.05) is 56.7 Å². The minimum atomic E-state index is -3.85. The van der Waals surface area contributed by atoms with Crippen molar-refractivity contribution in [2.45, 2.75) is 57.1 Å². The molecule has 166 valence electrons. The minimum absolute atomic E-state index is 0.0320. The van der Waals surface area contributed by atoms with E-state index >= 15 is 0 Å². The van der Waals surface area contributed by atoms with Crippen LogP contribution in [0.1, 0.15) is 49.9 Å². The monoisotopic (exact) mass is 449 g/mol. The number of para-hydroxylation sites is 1. The van der Waals surface area contributed by atoms with Crippen LogP contribution in [0.4, 0.5) is 0 Å². The van der Waals surface area contributed by atoms with Gasteiger partial charge in [0.05, 0.1) is 28.3 Å². The molecule has 32 heavy (non-hydrogen) atoms. The van der Waals surface area contributed by atoms with E-state index in [-0.39, 0.29) is 28.6 Å². The van der Waals surface area contributed by atoms with Crippen molar-refractivity contribution in [3.63, 3.8) is 0 Å². The van der Waals surface area contributed by atoms with Gasteiger partial charge in [0.2, 0.25) is 0 Å². The molecule has 5 nitrogen and oxygen atoms in total. The molecule has 1 aliphatic carbocycles. The average molecular weight is 450 g/mol. The second-order valence-corrected chi connectivity index (χ2v) is 11.6. The molecule has 0 saturated heterocycles. The molecule has 6 heteroatoms. The Kier molecular flexibility index (Phi) is 4.56. The fourth-order valence-corrected chi connectivity index (χ4v) is 6.85. The van der Waals surface area contributed by atoms with Gasteiger partial charge >= 0.3 is 0 Å². The van der Waals surface area contributed by atoms with Crippen LogP contribution in [0, 0.1) is 12.3 Å². The standard InChI is InChI=1S/C26H27NO4S/c1-17-9-11-19(12-10-17)32(29,30)27-22-8-6-5-7-20(22)24-21-15-18(28)13-14-26(21,25(2,3)4)31-16-23(24)27/h5-14,21H,15-16H2,1-4H3/t21-,26-/m1/s1. The summed E-state index contributed by atoms with van der Waals surface area (Å²) in [4.78, 5) is 12.8. The summed E-state index contributed by atoms with van der Waals surface area (Å²) in [5, 5.41) is 0.864. The van der Waals surface area contributed by atoms with E-state index in [1.165, 1.54) is 3.97 Å². The van der Waals surface area contributed by atoms with Gasteiger partial charge in [0.25, 0.3) is 10.0 Å². The summed E-state index contributed by atoms with van der Waals surface area (Å²) in [6.07, 6.45) is 3.81. The highest BCUT2D eigenvalue weighted by molar-refractivity contribution is 7.90. The number of ether oxygens (including phenoxy) is 1. The number of hydrogen-bond acceptors (Lipinski definition) is 4. The van der Waals surface area contributed by atoms with Gasteiger partial charge in [-0.05, 0) is 48.3 Å². The summed E-state index contributed by atoms with van der Waals surface area (Å²) in [7, 11) is -3.85. The quantitative estimate of drug-likeness (QED) is 0.545. The van der Waals surface area contributed by atoms with Gasteiger partial charge < -0.3 is 4.74 Å². The topological polar surface area (TPSA) is 65.4 Å². The summed E-state index contributed by atoms with van der Waals surface area (Å²) < 4.78 is 35.6. The van der Waals surface area contributed by atoms with Crippen molar-refractivity contribution in [3.8, 4) is 0 Å². The molecule has 2 aliphatic rings. The number of aryl methyl sites for hydroxylation is 1. The highest BCUT2D eigenvalue weighted by atomic mass is 32.2. The largest absolute Gasteiger partial charge is 0.363 e. The summed E-state index contributed by atoms with van der Waals surface area (Å²) in [6.45, 7) is 8.40. The van der Waals surface area contributed by atoms with Gasteiger partial charge in [0.1, 0.15) is 0 Å². The van der Waals surface area contributed by atoms with Gasteiger partial charge in [-0.15, -0.1) is 0 Å². The predicted octanol–water partition coefficient (Wildman–Crippen LogP) is 5.11. The number of rotatable bonds is 2. The Morgan fingerprint density at radius 3 is 2.44 bits per heavy atom. The number of allylic oxidation sites excluding steroid dienone is 1. The van der Waals surface area contributed by atoms with Crippen molar-refractivity contribution in [3.05, 3.63) is 77.5 Å². The molecule has 0 N–H and O–H groups in total.